The predicted molar refractivity (Wildman–Crippen MR) is 85.7 cm³/mol. The molecular formula is C17H22N2O6. The molecule has 0 radical (unpaired) electrons. The third-order valence-electron chi connectivity index (χ3n) is 4.60. The fraction of sp³-hybridized carbons (Fsp3) is 0.588. The van der Waals surface area contributed by atoms with Gasteiger partial charge in [0, 0.05) is 19.6 Å². The Morgan fingerprint density at radius 1 is 1.32 bits per heavy atom. The highest BCUT2D eigenvalue weighted by atomic mass is 16.5. The van der Waals surface area contributed by atoms with Gasteiger partial charge in [-0.3, -0.25) is 14.4 Å². The highest BCUT2D eigenvalue weighted by Gasteiger charge is 2.39. The van der Waals surface area contributed by atoms with Crippen molar-refractivity contribution in [3.05, 3.63) is 24.2 Å². The van der Waals surface area contributed by atoms with Crippen LogP contribution in [-0.4, -0.2) is 73.1 Å². The van der Waals surface area contributed by atoms with Crippen molar-refractivity contribution in [1.82, 2.24) is 9.80 Å². The predicted octanol–water partition coefficient (Wildman–Crippen LogP) is 0.675. The number of likely N-dealkylation sites (tertiary alicyclic amines) is 1. The highest BCUT2D eigenvalue weighted by molar-refractivity contribution is 5.96. The molecule has 0 N–H and O–H groups in total. The molecule has 3 rings (SSSR count). The van der Waals surface area contributed by atoms with E-state index in [-0.39, 0.29) is 36.1 Å². The lowest BCUT2D eigenvalue weighted by Gasteiger charge is -2.35. The number of hydrogen-bond donors (Lipinski definition) is 0. The lowest BCUT2D eigenvalue weighted by Crippen LogP contribution is -2.53. The first-order chi connectivity index (χ1) is 12.1. The molecule has 1 aromatic heterocycles. The molecule has 2 aliphatic heterocycles. The van der Waals surface area contributed by atoms with E-state index in [1.807, 2.05) is 0 Å². The molecular weight excluding hydrogens is 328 g/mol. The van der Waals surface area contributed by atoms with Crippen LogP contribution in [0.2, 0.25) is 0 Å². The van der Waals surface area contributed by atoms with Crippen LogP contribution in [0.4, 0.5) is 0 Å². The number of carbonyl (C=O) groups excluding carboxylic acids is 3. The van der Waals surface area contributed by atoms with Gasteiger partial charge in [-0.05, 0) is 25.0 Å². The zero-order valence-corrected chi connectivity index (χ0v) is 14.2. The molecule has 0 bridgehead atoms. The Kier molecular flexibility index (Phi) is 5.37. The van der Waals surface area contributed by atoms with Gasteiger partial charge in [0.25, 0.3) is 5.91 Å². The van der Waals surface area contributed by atoms with Gasteiger partial charge in [0.05, 0.1) is 32.5 Å². The van der Waals surface area contributed by atoms with Gasteiger partial charge in [-0.1, -0.05) is 0 Å². The minimum Gasteiger partial charge on any atom is -0.469 e. The van der Waals surface area contributed by atoms with Crippen LogP contribution in [-0.2, 0) is 19.1 Å². The smallest absolute Gasteiger partial charge is 0.308 e. The molecule has 2 fully saturated rings. The summed E-state index contributed by atoms with van der Waals surface area (Å²) in [6.07, 6.45) is 2.59. The highest BCUT2D eigenvalue weighted by Crippen LogP contribution is 2.23. The number of ether oxygens (including phenoxy) is 2. The third kappa shape index (κ3) is 3.84. The Morgan fingerprint density at radius 2 is 2.16 bits per heavy atom. The molecule has 8 heteroatoms. The molecule has 8 nitrogen and oxygen atoms in total. The second-order valence-electron chi connectivity index (χ2n) is 6.19. The van der Waals surface area contributed by atoms with Crippen LogP contribution >= 0.6 is 0 Å². The number of esters is 1. The molecule has 25 heavy (non-hydrogen) atoms. The summed E-state index contributed by atoms with van der Waals surface area (Å²) >= 11 is 0. The molecule has 2 saturated heterocycles. The van der Waals surface area contributed by atoms with Crippen molar-refractivity contribution in [3.8, 4) is 0 Å². The molecule has 0 aromatic carbocycles. The standard InChI is InChI=1S/C17H22N2O6/c1-23-15(20)10-12-11-18(7-9-24-12)16(21)13-4-2-6-19(13)17(22)14-5-3-8-25-14/h3,5,8,12-13H,2,4,6-7,9-11H2,1H3/t12-,13+/m0/s1. The normalized spacial score (nSPS) is 23.6. The number of amides is 2. The van der Waals surface area contributed by atoms with E-state index in [9.17, 15) is 14.4 Å². The van der Waals surface area contributed by atoms with E-state index >= 15 is 0 Å². The molecule has 2 atom stereocenters. The second-order valence-corrected chi connectivity index (χ2v) is 6.19. The van der Waals surface area contributed by atoms with Crippen LogP contribution in [0.5, 0.6) is 0 Å². The van der Waals surface area contributed by atoms with E-state index in [1.165, 1.54) is 13.4 Å². The zero-order chi connectivity index (χ0) is 17.8. The maximum absolute atomic E-state index is 12.9. The van der Waals surface area contributed by atoms with Gasteiger partial charge in [0.1, 0.15) is 6.04 Å². The van der Waals surface area contributed by atoms with Gasteiger partial charge >= 0.3 is 5.97 Å². The van der Waals surface area contributed by atoms with E-state index < -0.39 is 6.04 Å². The van der Waals surface area contributed by atoms with E-state index in [1.54, 1.807) is 21.9 Å². The maximum Gasteiger partial charge on any atom is 0.308 e. The number of furan rings is 1. The van der Waals surface area contributed by atoms with Crippen molar-refractivity contribution in [2.24, 2.45) is 0 Å². The molecule has 0 spiro atoms. The number of rotatable bonds is 4. The van der Waals surface area contributed by atoms with Crippen LogP contribution < -0.4 is 0 Å². The topological polar surface area (TPSA) is 89.3 Å². The number of morpholine rings is 1. The summed E-state index contributed by atoms with van der Waals surface area (Å²) in [5.74, 6) is -0.490. The maximum atomic E-state index is 12.9. The largest absolute Gasteiger partial charge is 0.469 e. The van der Waals surface area contributed by atoms with Crippen molar-refractivity contribution in [3.63, 3.8) is 0 Å². The lowest BCUT2D eigenvalue weighted by molar-refractivity contribution is -0.151. The van der Waals surface area contributed by atoms with Crippen molar-refractivity contribution in [1.29, 1.82) is 0 Å². The van der Waals surface area contributed by atoms with E-state index in [0.717, 1.165) is 6.42 Å². The summed E-state index contributed by atoms with van der Waals surface area (Å²) in [5, 5.41) is 0. The number of methoxy groups -OCH3 is 1. The fourth-order valence-corrected chi connectivity index (χ4v) is 3.33. The van der Waals surface area contributed by atoms with Gasteiger partial charge in [0.2, 0.25) is 5.91 Å². The summed E-state index contributed by atoms with van der Waals surface area (Å²) in [6.45, 7) is 1.68. The molecule has 2 aliphatic rings. The zero-order valence-electron chi connectivity index (χ0n) is 14.2. The van der Waals surface area contributed by atoms with Crippen LogP contribution in [0.1, 0.15) is 29.8 Å². The quantitative estimate of drug-likeness (QED) is 0.742. The summed E-state index contributed by atoms with van der Waals surface area (Å²) < 4.78 is 15.4. The Labute approximate surface area is 145 Å². The van der Waals surface area contributed by atoms with Crippen molar-refractivity contribution < 1.29 is 28.3 Å². The summed E-state index contributed by atoms with van der Waals surface area (Å²) in [5.41, 5.74) is 0. The molecule has 2 amide bonds. The van der Waals surface area contributed by atoms with Crippen LogP contribution in [0.3, 0.4) is 0 Å². The van der Waals surface area contributed by atoms with Gasteiger partial charge in [-0.2, -0.15) is 0 Å². The van der Waals surface area contributed by atoms with E-state index in [2.05, 4.69) is 4.74 Å². The van der Waals surface area contributed by atoms with Crippen molar-refractivity contribution >= 4 is 17.8 Å². The Hall–Kier alpha value is -2.35. The van der Waals surface area contributed by atoms with Crippen molar-refractivity contribution in [2.75, 3.05) is 33.4 Å². The SMILES string of the molecule is COC(=O)C[C@H]1CN(C(=O)[C@H]2CCCN2C(=O)c2ccco2)CCO1. The Morgan fingerprint density at radius 3 is 2.88 bits per heavy atom. The molecule has 136 valence electrons. The van der Waals surface area contributed by atoms with Crippen LogP contribution in [0.15, 0.2) is 22.8 Å². The summed E-state index contributed by atoms with van der Waals surface area (Å²) in [4.78, 5) is 40.1. The van der Waals surface area contributed by atoms with Gasteiger partial charge in [-0.15, -0.1) is 0 Å². The minimum absolute atomic E-state index is 0.101. The molecule has 0 unspecified atom stereocenters. The minimum atomic E-state index is -0.491. The first kappa shape index (κ1) is 17.5. The van der Waals surface area contributed by atoms with Crippen molar-refractivity contribution in [2.45, 2.75) is 31.4 Å². The van der Waals surface area contributed by atoms with Gasteiger partial charge in [0.15, 0.2) is 5.76 Å². The number of nitrogens with zero attached hydrogens (tertiary/aromatic N) is 2. The van der Waals surface area contributed by atoms with Gasteiger partial charge in [-0.25, -0.2) is 0 Å². The molecule has 0 aliphatic carbocycles. The lowest BCUT2D eigenvalue weighted by atomic mass is 10.1. The number of hydrogen-bond acceptors (Lipinski definition) is 6. The monoisotopic (exact) mass is 350 g/mol. The average Bonchev–Trinajstić information content (AvgIpc) is 3.32. The number of carbonyl (C=O) groups is 3. The summed E-state index contributed by atoms with van der Waals surface area (Å²) in [6, 6.07) is 2.76. The van der Waals surface area contributed by atoms with E-state index in [4.69, 9.17) is 9.15 Å². The van der Waals surface area contributed by atoms with Crippen LogP contribution in [0.25, 0.3) is 0 Å². The third-order valence-corrected chi connectivity index (χ3v) is 4.60. The first-order valence-electron chi connectivity index (χ1n) is 8.42. The Bertz CT molecular complexity index is 629. The molecule has 0 saturated carbocycles. The second kappa shape index (κ2) is 7.69. The fourth-order valence-electron chi connectivity index (χ4n) is 3.33. The molecule has 3 heterocycles. The first-order valence-corrected chi connectivity index (χ1v) is 8.42. The molecule has 1 aromatic rings. The van der Waals surface area contributed by atoms with Gasteiger partial charge < -0.3 is 23.7 Å². The summed E-state index contributed by atoms with van der Waals surface area (Å²) in [7, 11) is 1.32. The average molecular weight is 350 g/mol. The van der Waals surface area contributed by atoms with Crippen LogP contribution in [0, 0.1) is 0 Å². The Balaban J connectivity index is 1.65. The van der Waals surface area contributed by atoms with E-state index in [0.29, 0.717) is 32.7 Å².